The Balaban J connectivity index is 0.000000241. The Labute approximate surface area is 436 Å². The summed E-state index contributed by atoms with van der Waals surface area (Å²) in [6.07, 6.45) is 14.9. The Hall–Kier alpha value is -3.11. The van der Waals surface area contributed by atoms with Crippen LogP contribution in [0.2, 0.25) is 25.2 Å². The summed E-state index contributed by atoms with van der Waals surface area (Å²) < 4.78 is 6.00. The van der Waals surface area contributed by atoms with Crippen molar-refractivity contribution in [2.24, 2.45) is 0 Å². The number of hydrogen-bond acceptors (Lipinski definition) is 1. The van der Waals surface area contributed by atoms with Crippen LogP contribution in [0.15, 0.2) is 146 Å². The van der Waals surface area contributed by atoms with E-state index < -0.39 is 14.8 Å². The summed E-state index contributed by atoms with van der Waals surface area (Å²) in [4.78, 5) is 0. The van der Waals surface area contributed by atoms with Gasteiger partial charge in [-0.15, -0.1) is 22.2 Å². The van der Waals surface area contributed by atoms with E-state index in [0.717, 1.165) is 31.9 Å². The minimum Gasteiger partial charge on any atom is -0.376 e. The fraction of sp³-hybridized carbons (Fsp3) is 0.403. The molecule has 0 unspecified atom stereocenters. The topological polar surface area (TPSA) is 9.23 Å². The maximum Gasteiger partial charge on any atom is 1.00 e. The molecule has 356 valence electrons. The molecule has 0 atom stereocenters. The minimum atomic E-state index is -2.02. The van der Waals surface area contributed by atoms with Crippen LogP contribution in [0.5, 0.6) is 0 Å². The molecule has 9 rings (SSSR count). The molecule has 0 aromatic heterocycles. The largest absolute Gasteiger partial charge is 1.00 e. The van der Waals surface area contributed by atoms with Gasteiger partial charge in [0.2, 0.25) is 6.69 Å². The molecule has 0 heterocycles. The third-order valence-corrected chi connectivity index (χ3v) is 21.6. The van der Waals surface area contributed by atoms with Gasteiger partial charge in [0.15, 0.2) is 0 Å². The first-order valence-corrected chi connectivity index (χ1v) is 33.2. The predicted molar refractivity (Wildman–Crippen MR) is 300 cm³/mol. The average Bonchev–Trinajstić information content (AvgIpc) is 3.99. The first kappa shape index (κ1) is 55.8. The van der Waals surface area contributed by atoms with Crippen LogP contribution in [0.4, 0.5) is 0 Å². The molecule has 0 spiro atoms. The molecule has 0 saturated carbocycles. The first-order valence-electron chi connectivity index (χ1n) is 25.6. The molecular weight excluding hydrogens is 895 g/mol. The molecule has 0 aliphatic heterocycles. The van der Waals surface area contributed by atoms with Crippen molar-refractivity contribution < 1.29 is 23.6 Å². The van der Waals surface area contributed by atoms with Crippen molar-refractivity contribution in [2.75, 3.05) is 6.61 Å². The molecule has 0 fully saturated rings. The molecular formula is C62H79Cl2LiOSi2. The first-order chi connectivity index (χ1) is 32.3. The number of hydrogen-bond donors (Lipinski definition) is 0. The van der Waals surface area contributed by atoms with Gasteiger partial charge in [0.05, 0.1) is 13.7 Å². The van der Waals surface area contributed by atoms with Gasteiger partial charge < -0.3 is 11.7 Å². The van der Waals surface area contributed by atoms with Gasteiger partial charge in [-0.05, 0) is 113 Å². The molecule has 3 aliphatic carbocycles. The Morgan fingerprint density at radius 1 is 0.485 bits per heavy atom. The molecule has 3 aliphatic rings. The Kier molecular flexibility index (Phi) is 22.1. The SMILES string of the molecule is CC(C)(C)OCCCCCC[Si](C)(C1c2ccccc2-c2ccccc21)C1c2ccccc2-c2ccccc21.CCCCCCC[Si](C)(Cl)Cl.[CH2-]CCC.[Li+].c1ccc2c(c1)Cc1ccccc1-2. The van der Waals surface area contributed by atoms with E-state index >= 15 is 0 Å². The number of benzene rings is 6. The summed E-state index contributed by atoms with van der Waals surface area (Å²) in [5.41, 5.74) is 18.8. The molecule has 68 heavy (non-hydrogen) atoms. The van der Waals surface area contributed by atoms with Crippen LogP contribution in [-0.4, -0.2) is 27.0 Å². The van der Waals surface area contributed by atoms with Gasteiger partial charge in [0.1, 0.15) is 0 Å². The predicted octanol–water partition coefficient (Wildman–Crippen LogP) is 16.5. The third-order valence-electron chi connectivity index (χ3n) is 13.9. The van der Waals surface area contributed by atoms with E-state index in [0.29, 0.717) is 11.1 Å². The Morgan fingerprint density at radius 2 is 0.824 bits per heavy atom. The van der Waals surface area contributed by atoms with E-state index in [1.807, 2.05) is 6.55 Å². The molecule has 6 heteroatoms. The molecule has 0 radical (unpaired) electrons. The number of ether oxygens (including phenoxy) is 1. The summed E-state index contributed by atoms with van der Waals surface area (Å²) in [5.74, 6) is 0. The normalized spacial score (nSPS) is 13.1. The molecule has 1 nitrogen and oxygen atoms in total. The van der Waals surface area contributed by atoms with Crippen LogP contribution in [0.25, 0.3) is 33.4 Å². The number of unbranched alkanes of at least 4 members (excludes halogenated alkanes) is 8. The van der Waals surface area contributed by atoms with E-state index in [1.54, 1.807) is 22.3 Å². The second-order valence-corrected chi connectivity index (χ2v) is 33.3. The molecule has 0 bridgehead atoms. The Morgan fingerprint density at radius 3 is 1.19 bits per heavy atom. The van der Waals surface area contributed by atoms with E-state index in [2.05, 4.69) is 194 Å². The molecule has 6 aromatic rings. The maximum absolute atomic E-state index is 6.00. The van der Waals surface area contributed by atoms with Crippen molar-refractivity contribution in [2.45, 2.75) is 154 Å². The maximum atomic E-state index is 6.00. The van der Waals surface area contributed by atoms with Crippen molar-refractivity contribution in [1.82, 2.24) is 0 Å². The number of halogens is 2. The third kappa shape index (κ3) is 14.7. The van der Waals surface area contributed by atoms with Crippen LogP contribution < -0.4 is 18.9 Å². The smallest absolute Gasteiger partial charge is 0.376 e. The van der Waals surface area contributed by atoms with Crippen molar-refractivity contribution in [3.63, 3.8) is 0 Å². The summed E-state index contributed by atoms with van der Waals surface area (Å²) in [7, 11) is -2.02. The zero-order valence-electron chi connectivity index (χ0n) is 43.0. The Bertz CT molecular complexity index is 2220. The van der Waals surface area contributed by atoms with Crippen LogP contribution >= 0.6 is 22.2 Å². The molecule has 0 amide bonds. The van der Waals surface area contributed by atoms with Gasteiger partial charge in [0.25, 0.3) is 0 Å². The van der Waals surface area contributed by atoms with Gasteiger partial charge in [-0.1, -0.05) is 230 Å². The van der Waals surface area contributed by atoms with E-state index in [4.69, 9.17) is 26.9 Å². The van der Waals surface area contributed by atoms with Crippen LogP contribution in [-0.2, 0) is 11.2 Å². The standard InChI is InChI=1S/C37H42OSi.C13H10.C8H18Cl2Si.C4H9.Li/c1-37(2,3)38-25-15-5-6-16-26-39(4,35-31-21-11-7-17-27(31)28-18-8-12-22-32(28)35)36-33-23-13-9-19-29(33)30-20-10-14-24-34(30)36;1-3-7-12-10(5-1)9-11-6-2-4-8-13(11)12;1-3-4-5-6-7-8-11(2,9)10;1-3-4-2;/h7-14,17-24,35-36H,5-6,15-16,25-26H2,1-4H3;1-8H,9H2;3-8H2,1-2H3;1,3-4H2,2H3;/q;;;-1;+1. The van der Waals surface area contributed by atoms with Crippen molar-refractivity contribution >= 4 is 36.9 Å². The number of rotatable bonds is 16. The average molecular weight is 974 g/mol. The fourth-order valence-electron chi connectivity index (χ4n) is 10.6. The zero-order chi connectivity index (χ0) is 47.9. The van der Waals surface area contributed by atoms with E-state index in [-0.39, 0.29) is 24.5 Å². The minimum absolute atomic E-state index is 0. The summed E-state index contributed by atoms with van der Waals surface area (Å²) in [6.45, 7) is 18.2. The van der Waals surface area contributed by atoms with Crippen LogP contribution in [0.3, 0.4) is 0 Å². The van der Waals surface area contributed by atoms with Gasteiger partial charge in [-0.25, -0.2) is 0 Å². The monoisotopic (exact) mass is 973 g/mol. The van der Waals surface area contributed by atoms with Crippen molar-refractivity contribution in [3.05, 3.63) is 186 Å². The van der Waals surface area contributed by atoms with Crippen molar-refractivity contribution in [3.8, 4) is 33.4 Å². The summed E-state index contributed by atoms with van der Waals surface area (Å²) in [6, 6.07) is 56.8. The summed E-state index contributed by atoms with van der Waals surface area (Å²) >= 11 is 11.9. The van der Waals surface area contributed by atoms with E-state index in [9.17, 15) is 0 Å². The van der Waals surface area contributed by atoms with Gasteiger partial charge in [-0.3, -0.25) is 0 Å². The van der Waals surface area contributed by atoms with Crippen molar-refractivity contribution in [1.29, 1.82) is 0 Å². The fourth-order valence-corrected chi connectivity index (χ4v) is 18.1. The summed E-state index contributed by atoms with van der Waals surface area (Å²) in [5, 5.41) is 0. The zero-order valence-corrected chi connectivity index (χ0v) is 46.5. The van der Waals surface area contributed by atoms with Crippen LogP contribution in [0, 0.1) is 6.92 Å². The van der Waals surface area contributed by atoms with Gasteiger partial charge >= 0.3 is 18.9 Å². The molecule has 0 N–H and O–H groups in total. The van der Waals surface area contributed by atoms with E-state index in [1.165, 1.54) is 108 Å². The quantitative estimate of drug-likeness (QED) is 0.0406. The molecule has 6 aromatic carbocycles. The van der Waals surface area contributed by atoms with Gasteiger partial charge in [0, 0.05) is 17.7 Å². The molecule has 0 saturated heterocycles. The second-order valence-electron chi connectivity index (χ2n) is 20.4. The number of fused-ring (bicyclic) bond motifs is 9. The van der Waals surface area contributed by atoms with Crippen LogP contribution in [0.1, 0.15) is 150 Å². The van der Waals surface area contributed by atoms with Gasteiger partial charge in [-0.2, -0.15) is 6.42 Å². The second kappa shape index (κ2) is 26.9.